The third kappa shape index (κ3) is 3.58. The minimum Gasteiger partial charge on any atom is -0.388 e. The second kappa shape index (κ2) is 7.59. The molecule has 2 unspecified atom stereocenters. The Bertz CT molecular complexity index is 826. The van der Waals surface area contributed by atoms with Crippen LogP contribution in [0.25, 0.3) is 11.4 Å². The molecule has 3 heterocycles. The summed E-state index contributed by atoms with van der Waals surface area (Å²) in [6.45, 7) is 0. The fraction of sp³-hybridized carbons (Fsp3) is 0.278. The number of rotatable bonds is 6. The number of benzene rings is 1. The van der Waals surface area contributed by atoms with Crippen molar-refractivity contribution in [3.05, 3.63) is 60.4 Å². The van der Waals surface area contributed by atoms with E-state index in [1.165, 1.54) is 0 Å². The summed E-state index contributed by atoms with van der Waals surface area (Å²) in [5.41, 5.74) is 1.96. The molecule has 2 aromatic heterocycles. The summed E-state index contributed by atoms with van der Waals surface area (Å²) < 4.78 is 2.21. The van der Waals surface area contributed by atoms with Gasteiger partial charge in [0.25, 0.3) is 0 Å². The number of fused-ring (bicyclic) bond motifs is 1. The van der Waals surface area contributed by atoms with Crippen molar-refractivity contribution < 1.29 is 5.11 Å². The van der Waals surface area contributed by atoms with Crippen LogP contribution in [-0.2, 0) is 0 Å². The SMILES string of the molecule is OC(CSCC1CSc2nnc(-c3cccnc3)n21)c1ccccc1. The standard InChI is InChI=1S/C18H18N4OS2/c23-16(13-5-2-1-3-6-13)12-24-10-15-11-25-18-21-20-17(22(15)18)14-7-4-8-19-9-14/h1-9,15-16,23H,10-12H2. The van der Waals surface area contributed by atoms with Gasteiger partial charge >= 0.3 is 0 Å². The van der Waals surface area contributed by atoms with Crippen LogP contribution in [0.5, 0.6) is 0 Å². The summed E-state index contributed by atoms with van der Waals surface area (Å²) in [7, 11) is 0. The highest BCUT2D eigenvalue weighted by Crippen LogP contribution is 2.38. The Morgan fingerprint density at radius 1 is 1.20 bits per heavy atom. The Hall–Kier alpha value is -1.83. The van der Waals surface area contributed by atoms with Gasteiger partial charge < -0.3 is 5.11 Å². The topological polar surface area (TPSA) is 63.8 Å². The van der Waals surface area contributed by atoms with Crippen molar-refractivity contribution in [3.63, 3.8) is 0 Å². The van der Waals surface area contributed by atoms with Gasteiger partial charge in [-0.2, -0.15) is 11.8 Å². The van der Waals surface area contributed by atoms with Crippen LogP contribution in [0.4, 0.5) is 0 Å². The summed E-state index contributed by atoms with van der Waals surface area (Å²) in [6, 6.07) is 14.1. The third-order valence-electron chi connectivity index (χ3n) is 4.12. The fourth-order valence-corrected chi connectivity index (χ4v) is 5.17. The summed E-state index contributed by atoms with van der Waals surface area (Å²) in [5, 5.41) is 19.9. The minimum absolute atomic E-state index is 0.332. The molecule has 0 saturated heterocycles. The molecule has 3 aromatic rings. The molecule has 1 aliphatic rings. The van der Waals surface area contributed by atoms with E-state index < -0.39 is 6.10 Å². The van der Waals surface area contributed by atoms with Gasteiger partial charge in [0.1, 0.15) is 0 Å². The molecule has 25 heavy (non-hydrogen) atoms. The summed E-state index contributed by atoms with van der Waals surface area (Å²) >= 11 is 3.51. The molecule has 1 aromatic carbocycles. The normalized spacial score (nSPS) is 17.4. The minimum atomic E-state index is -0.432. The Labute approximate surface area is 154 Å². The van der Waals surface area contributed by atoms with Crippen LogP contribution < -0.4 is 0 Å². The van der Waals surface area contributed by atoms with E-state index in [1.807, 2.05) is 48.7 Å². The largest absolute Gasteiger partial charge is 0.388 e. The van der Waals surface area contributed by atoms with Crippen molar-refractivity contribution in [1.82, 2.24) is 19.7 Å². The van der Waals surface area contributed by atoms with Crippen LogP contribution in [0.2, 0.25) is 0 Å². The predicted octanol–water partition coefficient (Wildman–Crippen LogP) is 3.45. The average Bonchev–Trinajstić information content (AvgIpc) is 3.26. The fourth-order valence-electron chi connectivity index (χ4n) is 2.85. The Morgan fingerprint density at radius 3 is 2.88 bits per heavy atom. The van der Waals surface area contributed by atoms with E-state index in [1.54, 1.807) is 29.7 Å². The van der Waals surface area contributed by atoms with Crippen LogP contribution in [0.15, 0.2) is 60.0 Å². The second-order valence-corrected chi connectivity index (χ2v) is 7.91. The van der Waals surface area contributed by atoms with E-state index in [4.69, 9.17) is 0 Å². The number of hydrogen-bond donors (Lipinski definition) is 1. The highest BCUT2D eigenvalue weighted by atomic mass is 32.2. The smallest absolute Gasteiger partial charge is 0.191 e. The summed E-state index contributed by atoms with van der Waals surface area (Å²) in [6.07, 6.45) is 3.15. The van der Waals surface area contributed by atoms with E-state index >= 15 is 0 Å². The van der Waals surface area contributed by atoms with Crippen LogP contribution in [0.3, 0.4) is 0 Å². The number of thioether (sulfide) groups is 2. The molecule has 2 atom stereocenters. The lowest BCUT2D eigenvalue weighted by Gasteiger charge is -2.16. The lowest BCUT2D eigenvalue weighted by atomic mass is 10.1. The van der Waals surface area contributed by atoms with Crippen molar-refractivity contribution in [1.29, 1.82) is 0 Å². The van der Waals surface area contributed by atoms with E-state index in [-0.39, 0.29) is 0 Å². The zero-order chi connectivity index (χ0) is 17.1. The molecule has 0 fully saturated rings. The number of pyridine rings is 1. The highest BCUT2D eigenvalue weighted by Gasteiger charge is 2.28. The quantitative estimate of drug-likeness (QED) is 0.717. The molecule has 0 amide bonds. The first-order valence-electron chi connectivity index (χ1n) is 8.12. The van der Waals surface area contributed by atoms with Crippen molar-refractivity contribution in [3.8, 4) is 11.4 Å². The van der Waals surface area contributed by atoms with Crippen molar-refractivity contribution in [2.45, 2.75) is 17.3 Å². The molecular weight excluding hydrogens is 352 g/mol. The van der Waals surface area contributed by atoms with Gasteiger partial charge in [0, 0.05) is 35.2 Å². The Balaban J connectivity index is 1.42. The van der Waals surface area contributed by atoms with Gasteiger partial charge in [0.05, 0.1) is 12.1 Å². The van der Waals surface area contributed by atoms with Crippen LogP contribution in [-0.4, -0.2) is 42.1 Å². The third-order valence-corrected chi connectivity index (χ3v) is 6.38. The van der Waals surface area contributed by atoms with Gasteiger partial charge in [-0.3, -0.25) is 9.55 Å². The maximum absolute atomic E-state index is 10.3. The molecule has 1 N–H and O–H groups in total. The van der Waals surface area contributed by atoms with Gasteiger partial charge in [0.15, 0.2) is 11.0 Å². The van der Waals surface area contributed by atoms with Gasteiger partial charge in [-0.05, 0) is 17.7 Å². The first kappa shape index (κ1) is 16.6. The van der Waals surface area contributed by atoms with Crippen LogP contribution >= 0.6 is 23.5 Å². The van der Waals surface area contributed by atoms with Gasteiger partial charge in [0.2, 0.25) is 0 Å². The summed E-state index contributed by atoms with van der Waals surface area (Å²) in [5.74, 6) is 3.48. The van der Waals surface area contributed by atoms with Gasteiger partial charge in [-0.25, -0.2) is 0 Å². The maximum Gasteiger partial charge on any atom is 0.191 e. The lowest BCUT2D eigenvalue weighted by Crippen LogP contribution is -2.12. The molecule has 0 spiro atoms. The molecule has 128 valence electrons. The number of nitrogens with zero attached hydrogens (tertiary/aromatic N) is 4. The molecule has 0 radical (unpaired) electrons. The Morgan fingerprint density at radius 2 is 2.08 bits per heavy atom. The molecule has 7 heteroatoms. The van der Waals surface area contributed by atoms with Crippen LogP contribution in [0, 0.1) is 0 Å². The van der Waals surface area contributed by atoms with E-state index in [0.29, 0.717) is 11.8 Å². The van der Waals surface area contributed by atoms with Crippen molar-refractivity contribution >= 4 is 23.5 Å². The zero-order valence-corrected chi connectivity index (χ0v) is 15.2. The monoisotopic (exact) mass is 370 g/mol. The number of aromatic nitrogens is 4. The van der Waals surface area contributed by atoms with Crippen molar-refractivity contribution in [2.24, 2.45) is 0 Å². The zero-order valence-electron chi connectivity index (χ0n) is 13.5. The molecular formula is C18H18N4OS2. The second-order valence-electron chi connectivity index (χ2n) is 5.85. The summed E-state index contributed by atoms with van der Waals surface area (Å²) in [4.78, 5) is 4.18. The van der Waals surface area contributed by atoms with Gasteiger partial charge in [-0.15, -0.1) is 10.2 Å². The molecule has 0 aliphatic carbocycles. The van der Waals surface area contributed by atoms with Crippen LogP contribution in [0.1, 0.15) is 17.7 Å². The number of hydrogen-bond acceptors (Lipinski definition) is 6. The van der Waals surface area contributed by atoms with E-state index in [2.05, 4.69) is 19.7 Å². The molecule has 4 rings (SSSR count). The molecule has 1 aliphatic heterocycles. The first-order valence-corrected chi connectivity index (χ1v) is 10.3. The van der Waals surface area contributed by atoms with E-state index in [0.717, 1.165) is 33.6 Å². The Kier molecular flexibility index (Phi) is 5.05. The van der Waals surface area contributed by atoms with Gasteiger partial charge in [-0.1, -0.05) is 42.1 Å². The maximum atomic E-state index is 10.3. The van der Waals surface area contributed by atoms with Crippen molar-refractivity contribution in [2.75, 3.05) is 17.3 Å². The molecule has 0 bridgehead atoms. The molecule has 5 nitrogen and oxygen atoms in total. The van der Waals surface area contributed by atoms with E-state index in [9.17, 15) is 5.11 Å². The average molecular weight is 371 g/mol. The predicted molar refractivity (Wildman–Crippen MR) is 102 cm³/mol. The number of aliphatic hydroxyl groups excluding tert-OH is 1. The lowest BCUT2D eigenvalue weighted by molar-refractivity contribution is 0.204. The first-order chi connectivity index (χ1) is 12.3. The highest BCUT2D eigenvalue weighted by molar-refractivity contribution is 8.00. The number of aliphatic hydroxyl groups is 1. The molecule has 0 saturated carbocycles.